The third-order valence-corrected chi connectivity index (χ3v) is 1.25. The summed E-state index contributed by atoms with van der Waals surface area (Å²) in [5.41, 5.74) is 8.10. The highest BCUT2D eigenvalue weighted by molar-refractivity contribution is 5.80. The second-order valence-electron chi connectivity index (χ2n) is 2.96. The summed E-state index contributed by atoms with van der Waals surface area (Å²) in [6.07, 6.45) is 1.68. The lowest BCUT2D eigenvalue weighted by Crippen LogP contribution is -2.01. The Morgan fingerprint density at radius 1 is 1.31 bits per heavy atom. The molecule has 0 aromatic carbocycles. The van der Waals surface area contributed by atoms with Crippen LogP contribution in [0, 0.1) is 0 Å². The van der Waals surface area contributed by atoms with Crippen LogP contribution in [0.15, 0.2) is 33.7 Å². The second kappa shape index (κ2) is 5.30. The second-order valence-corrected chi connectivity index (χ2v) is 2.96. The fourth-order valence-electron chi connectivity index (χ4n) is 0.818. The first-order chi connectivity index (χ1) is 5.99. The molecule has 0 spiro atoms. The Morgan fingerprint density at radius 3 is 2.15 bits per heavy atom. The minimum atomic E-state index is 0.422. The van der Waals surface area contributed by atoms with Crippen LogP contribution in [0.2, 0.25) is 0 Å². The molecule has 2 N–H and O–H groups in total. The van der Waals surface area contributed by atoms with Crippen molar-refractivity contribution < 1.29 is 0 Å². The lowest BCUT2D eigenvalue weighted by molar-refractivity contribution is 1.12. The zero-order valence-electron chi connectivity index (χ0n) is 8.76. The molecular weight excluding hydrogens is 162 g/mol. The van der Waals surface area contributed by atoms with E-state index in [1.165, 1.54) is 0 Å². The molecule has 0 rings (SSSR count). The summed E-state index contributed by atoms with van der Waals surface area (Å²) in [6.45, 7) is 11.2. The molecule has 0 atom stereocenters. The molecule has 0 aliphatic heterocycles. The molecule has 0 unspecified atom stereocenters. The van der Waals surface area contributed by atoms with Gasteiger partial charge >= 0.3 is 0 Å². The third kappa shape index (κ3) is 4.25. The van der Waals surface area contributed by atoms with E-state index in [9.17, 15) is 0 Å². The zero-order chi connectivity index (χ0) is 10.4. The van der Waals surface area contributed by atoms with E-state index in [-0.39, 0.29) is 0 Å². The van der Waals surface area contributed by atoms with Crippen molar-refractivity contribution in [1.29, 1.82) is 0 Å². The van der Waals surface area contributed by atoms with Crippen LogP contribution in [-0.4, -0.2) is 11.9 Å². The van der Waals surface area contributed by atoms with Crippen LogP contribution in [0.4, 0.5) is 0 Å². The normalized spacial score (nSPS) is 12.6. The van der Waals surface area contributed by atoms with Crippen LogP contribution >= 0.6 is 0 Å². The third-order valence-electron chi connectivity index (χ3n) is 1.25. The summed E-state index contributed by atoms with van der Waals surface area (Å²) < 4.78 is 0. The topological polar surface area (TPSA) is 50.7 Å². The zero-order valence-corrected chi connectivity index (χ0v) is 8.76. The minimum absolute atomic E-state index is 0.422. The van der Waals surface area contributed by atoms with E-state index < -0.39 is 0 Å². The number of allylic oxidation sites excluding steroid dienone is 1. The number of hydrogen-bond acceptors (Lipinski definition) is 3. The first kappa shape index (κ1) is 11.6. The fraction of sp³-hybridized carbons (Fsp3) is 0.400. The molecule has 3 heteroatoms. The van der Waals surface area contributed by atoms with Gasteiger partial charge in [0.2, 0.25) is 0 Å². The van der Waals surface area contributed by atoms with Gasteiger partial charge in [-0.15, -0.1) is 0 Å². The molecule has 0 saturated carbocycles. The highest BCUT2D eigenvalue weighted by atomic mass is 14.9. The smallest absolute Gasteiger partial charge is 0.149 e. The van der Waals surface area contributed by atoms with Crippen molar-refractivity contribution in [2.45, 2.75) is 27.7 Å². The average Bonchev–Trinajstić information content (AvgIpc) is 1.97. The molecule has 0 heterocycles. The molecule has 0 aliphatic carbocycles. The number of nitrogens with zero attached hydrogens (tertiary/aromatic N) is 2. The first-order valence-corrected chi connectivity index (χ1v) is 4.15. The summed E-state index contributed by atoms with van der Waals surface area (Å²) >= 11 is 0. The van der Waals surface area contributed by atoms with Gasteiger partial charge in [-0.25, -0.2) is 4.99 Å². The Balaban J connectivity index is 5.09. The van der Waals surface area contributed by atoms with E-state index >= 15 is 0 Å². The maximum atomic E-state index is 5.72. The van der Waals surface area contributed by atoms with Gasteiger partial charge in [-0.05, 0) is 33.3 Å². The highest BCUT2D eigenvalue weighted by Gasteiger charge is 2.00. The van der Waals surface area contributed by atoms with Crippen LogP contribution in [0.5, 0.6) is 0 Å². The lowest BCUT2D eigenvalue weighted by atomic mass is 10.2. The van der Waals surface area contributed by atoms with Crippen molar-refractivity contribution in [3.8, 4) is 0 Å². The molecule has 13 heavy (non-hydrogen) atoms. The van der Waals surface area contributed by atoms with E-state index in [0.717, 1.165) is 11.3 Å². The maximum Gasteiger partial charge on any atom is 0.149 e. The number of aliphatic imine (C=N–C) groups is 2. The maximum absolute atomic E-state index is 5.72. The van der Waals surface area contributed by atoms with Crippen LogP contribution in [0.25, 0.3) is 0 Å². The molecule has 0 amide bonds. The number of nitrogens with two attached hydrogens (primary N) is 1. The van der Waals surface area contributed by atoms with E-state index in [1.54, 1.807) is 6.21 Å². The van der Waals surface area contributed by atoms with Crippen molar-refractivity contribution in [1.82, 2.24) is 0 Å². The Hall–Kier alpha value is -1.38. The molecule has 0 aromatic heterocycles. The predicted molar refractivity (Wildman–Crippen MR) is 59.0 cm³/mol. The molecule has 0 bridgehead atoms. The average molecular weight is 179 g/mol. The lowest BCUT2D eigenvalue weighted by Gasteiger charge is -2.02. The predicted octanol–water partition coefficient (Wildman–Crippen LogP) is 2.26. The summed E-state index contributed by atoms with van der Waals surface area (Å²) in [4.78, 5) is 8.22. The summed E-state index contributed by atoms with van der Waals surface area (Å²) in [7, 11) is 0. The number of rotatable bonds is 3. The molecule has 0 aliphatic rings. The van der Waals surface area contributed by atoms with Crippen LogP contribution in [0.1, 0.15) is 27.7 Å². The van der Waals surface area contributed by atoms with Gasteiger partial charge in [-0.3, -0.25) is 4.99 Å². The Bertz CT molecular complexity index is 279. The van der Waals surface area contributed by atoms with Gasteiger partial charge in [0.25, 0.3) is 0 Å². The van der Waals surface area contributed by atoms with Gasteiger partial charge in [-0.1, -0.05) is 6.58 Å². The van der Waals surface area contributed by atoms with Gasteiger partial charge in [-0.2, -0.15) is 0 Å². The SMILES string of the molecule is C=C(C)/C(N=CC)=C(/N)N=C(C)C. The van der Waals surface area contributed by atoms with E-state index in [2.05, 4.69) is 16.6 Å². The Labute approximate surface area is 79.8 Å². The van der Waals surface area contributed by atoms with Crippen molar-refractivity contribution in [2.24, 2.45) is 15.7 Å². The Kier molecular flexibility index (Phi) is 4.74. The minimum Gasteiger partial charge on any atom is -0.382 e. The van der Waals surface area contributed by atoms with Gasteiger partial charge in [0.15, 0.2) is 0 Å². The molecule has 0 saturated heterocycles. The summed E-state index contributed by atoms with van der Waals surface area (Å²) in [6, 6.07) is 0. The van der Waals surface area contributed by atoms with E-state index in [0.29, 0.717) is 11.5 Å². The molecule has 0 aromatic rings. The van der Waals surface area contributed by atoms with Crippen molar-refractivity contribution in [3.05, 3.63) is 23.7 Å². The molecule has 0 fully saturated rings. The monoisotopic (exact) mass is 179 g/mol. The van der Waals surface area contributed by atoms with E-state index in [1.807, 2.05) is 27.7 Å². The van der Waals surface area contributed by atoms with Gasteiger partial charge in [0, 0.05) is 11.9 Å². The van der Waals surface area contributed by atoms with Gasteiger partial charge in [0.05, 0.1) is 0 Å². The van der Waals surface area contributed by atoms with Crippen LogP contribution < -0.4 is 5.73 Å². The van der Waals surface area contributed by atoms with Gasteiger partial charge < -0.3 is 5.73 Å². The largest absolute Gasteiger partial charge is 0.382 e. The highest BCUT2D eigenvalue weighted by Crippen LogP contribution is 2.11. The Morgan fingerprint density at radius 2 is 1.85 bits per heavy atom. The standard InChI is InChI=1S/C10H17N3/c1-6-12-9(7(2)3)10(11)13-8(4)5/h6H,2,11H2,1,3-5H3/b10-9+,12-6?. The van der Waals surface area contributed by atoms with Crippen LogP contribution in [-0.2, 0) is 0 Å². The fourth-order valence-corrected chi connectivity index (χ4v) is 0.818. The molecule has 0 radical (unpaired) electrons. The molecule has 3 nitrogen and oxygen atoms in total. The number of hydrogen-bond donors (Lipinski definition) is 1. The quantitative estimate of drug-likeness (QED) is 0.524. The van der Waals surface area contributed by atoms with Crippen molar-refractivity contribution in [2.75, 3.05) is 0 Å². The van der Waals surface area contributed by atoms with Gasteiger partial charge in [0.1, 0.15) is 11.5 Å². The van der Waals surface area contributed by atoms with Crippen LogP contribution in [0.3, 0.4) is 0 Å². The van der Waals surface area contributed by atoms with Crippen molar-refractivity contribution >= 4 is 11.9 Å². The van der Waals surface area contributed by atoms with Crippen molar-refractivity contribution in [3.63, 3.8) is 0 Å². The molecular formula is C10H17N3. The molecule has 72 valence electrons. The van der Waals surface area contributed by atoms with E-state index in [4.69, 9.17) is 5.73 Å². The first-order valence-electron chi connectivity index (χ1n) is 4.15. The summed E-state index contributed by atoms with van der Waals surface area (Å²) in [5.74, 6) is 0.422. The summed E-state index contributed by atoms with van der Waals surface area (Å²) in [5, 5.41) is 0.